The van der Waals surface area contributed by atoms with Gasteiger partial charge in [-0.15, -0.1) is 0 Å². The number of fused-ring (bicyclic) bond motifs is 2. The van der Waals surface area contributed by atoms with Crippen molar-refractivity contribution in [1.82, 2.24) is 35.0 Å². The Morgan fingerprint density at radius 3 is 2.67 bits per heavy atom. The van der Waals surface area contributed by atoms with Gasteiger partial charge in [0.05, 0.1) is 41.0 Å². The van der Waals surface area contributed by atoms with Crippen LogP contribution in [-0.2, 0) is 0 Å². The molecule has 0 amide bonds. The van der Waals surface area contributed by atoms with Crippen molar-refractivity contribution in [3.05, 3.63) is 73.1 Å². The van der Waals surface area contributed by atoms with Crippen molar-refractivity contribution in [2.45, 2.75) is 6.04 Å². The van der Waals surface area contributed by atoms with Crippen molar-refractivity contribution in [3.63, 3.8) is 0 Å². The quantitative estimate of drug-likeness (QED) is 0.248. The van der Waals surface area contributed by atoms with Crippen molar-refractivity contribution in [2.75, 3.05) is 45.2 Å². The molecule has 1 saturated heterocycles. The fourth-order valence-corrected chi connectivity index (χ4v) is 5.28. The minimum atomic E-state index is -0.366. The number of nitrogens with zero attached hydrogens (tertiary/aromatic N) is 6. The number of nitrogens with two attached hydrogens (primary N) is 1. The summed E-state index contributed by atoms with van der Waals surface area (Å²) in [4.78, 5) is 21.3. The molecule has 42 heavy (non-hydrogen) atoms. The molecule has 5 heterocycles. The van der Waals surface area contributed by atoms with E-state index in [1.165, 1.54) is 12.1 Å². The Morgan fingerprint density at radius 1 is 0.976 bits per heavy atom. The number of aromatic amines is 2. The summed E-state index contributed by atoms with van der Waals surface area (Å²) in [5.74, 6) is 0.936. The summed E-state index contributed by atoms with van der Waals surface area (Å²) < 4.78 is 20.5. The molecule has 6 aromatic rings. The predicted octanol–water partition coefficient (Wildman–Crippen LogP) is 4.46. The fraction of sp³-hybridized carbons (Fsp3) is 0.226. The maximum atomic E-state index is 14.6. The van der Waals surface area contributed by atoms with Gasteiger partial charge in [-0.1, -0.05) is 6.07 Å². The molecular formula is C31H30FN9O. The van der Waals surface area contributed by atoms with Crippen LogP contribution in [0.5, 0.6) is 5.75 Å². The smallest absolute Gasteiger partial charge is 0.147 e. The van der Waals surface area contributed by atoms with Gasteiger partial charge in [0.2, 0.25) is 0 Å². The summed E-state index contributed by atoms with van der Waals surface area (Å²) in [5.41, 5.74) is 12.4. The minimum absolute atomic E-state index is 0.178. The number of hydrogen-bond donors (Lipinski definition) is 3. The van der Waals surface area contributed by atoms with Crippen LogP contribution in [0, 0.1) is 5.82 Å². The summed E-state index contributed by atoms with van der Waals surface area (Å²) in [5, 5.41) is 9.61. The fourth-order valence-electron chi connectivity index (χ4n) is 5.28. The molecule has 2 aromatic carbocycles. The van der Waals surface area contributed by atoms with Gasteiger partial charge in [-0.3, -0.25) is 15.1 Å². The molecule has 7 rings (SSSR count). The van der Waals surface area contributed by atoms with Crippen molar-refractivity contribution in [1.29, 1.82) is 0 Å². The number of pyridine rings is 1. The number of hydrogen-bond acceptors (Lipinski definition) is 8. The molecule has 1 aliphatic rings. The van der Waals surface area contributed by atoms with E-state index in [0.29, 0.717) is 17.9 Å². The Bertz CT molecular complexity index is 1910. The lowest BCUT2D eigenvalue weighted by Gasteiger charge is -2.37. The van der Waals surface area contributed by atoms with Gasteiger partial charge in [-0.2, -0.15) is 5.10 Å². The molecule has 10 nitrogen and oxygen atoms in total. The summed E-state index contributed by atoms with van der Waals surface area (Å²) in [6.07, 6.45) is 7.04. The van der Waals surface area contributed by atoms with Crippen LogP contribution in [0.15, 0.2) is 67.3 Å². The number of H-pyrrole nitrogens is 2. The number of benzene rings is 2. The zero-order chi connectivity index (χ0) is 28.8. The number of nitrogens with one attached hydrogen (secondary N) is 2. The van der Waals surface area contributed by atoms with Crippen LogP contribution in [0.3, 0.4) is 0 Å². The topological polar surface area (TPSA) is 125 Å². The molecule has 4 N–H and O–H groups in total. The van der Waals surface area contributed by atoms with Crippen LogP contribution in [0.4, 0.5) is 10.2 Å². The summed E-state index contributed by atoms with van der Waals surface area (Å²) in [6, 6.07) is 13.0. The molecule has 4 aromatic heterocycles. The van der Waals surface area contributed by atoms with Crippen LogP contribution in [0.2, 0.25) is 0 Å². The van der Waals surface area contributed by atoms with Gasteiger partial charge in [0.1, 0.15) is 29.7 Å². The van der Waals surface area contributed by atoms with Crippen LogP contribution >= 0.6 is 0 Å². The maximum absolute atomic E-state index is 14.6. The zero-order valence-corrected chi connectivity index (χ0v) is 23.3. The van der Waals surface area contributed by atoms with E-state index in [1.807, 2.05) is 43.3 Å². The third kappa shape index (κ3) is 4.93. The van der Waals surface area contributed by atoms with E-state index in [-0.39, 0.29) is 11.9 Å². The van der Waals surface area contributed by atoms with E-state index in [1.54, 1.807) is 24.8 Å². The van der Waals surface area contributed by atoms with Gasteiger partial charge in [0.25, 0.3) is 0 Å². The van der Waals surface area contributed by atoms with E-state index in [4.69, 9.17) is 15.5 Å². The van der Waals surface area contributed by atoms with E-state index in [9.17, 15) is 4.39 Å². The van der Waals surface area contributed by atoms with E-state index in [2.05, 4.69) is 36.1 Å². The third-order valence-electron chi connectivity index (χ3n) is 7.50. The lowest BCUT2D eigenvalue weighted by Crippen LogP contribution is -2.56. The largest absolute Gasteiger partial charge is 0.492 e. The standard InChI is InChI=1S/C31H30FN9O/c1-40(2)5-6-42-22-8-19(7-20(32)10-22)25-12-34-14-29-23(25)11-27(36-29)31-24-9-18(3-4-26(24)38-39-31)28-13-35-15-30(37-28)41-16-21(33)17-41/h3-4,7-15,21,36H,5-6,16-17,33H2,1-2H3,(H,38,39). The number of anilines is 1. The summed E-state index contributed by atoms with van der Waals surface area (Å²) >= 11 is 0. The average molecular weight is 564 g/mol. The first-order chi connectivity index (χ1) is 20.4. The third-order valence-corrected chi connectivity index (χ3v) is 7.50. The second-order valence-electron chi connectivity index (χ2n) is 10.9. The molecule has 1 fully saturated rings. The first-order valence-corrected chi connectivity index (χ1v) is 13.8. The molecule has 1 aliphatic heterocycles. The Hall–Kier alpha value is -4.87. The summed E-state index contributed by atoms with van der Waals surface area (Å²) in [6.45, 7) is 2.75. The van der Waals surface area contributed by atoms with Crippen LogP contribution in [0.25, 0.3) is 55.6 Å². The van der Waals surface area contributed by atoms with E-state index >= 15 is 0 Å². The molecule has 0 bridgehead atoms. The highest BCUT2D eigenvalue weighted by Crippen LogP contribution is 2.36. The zero-order valence-electron chi connectivity index (χ0n) is 23.3. The van der Waals surface area contributed by atoms with Gasteiger partial charge < -0.3 is 25.3 Å². The second-order valence-corrected chi connectivity index (χ2v) is 10.9. The van der Waals surface area contributed by atoms with Crippen molar-refractivity contribution >= 4 is 27.6 Å². The lowest BCUT2D eigenvalue weighted by molar-refractivity contribution is 0.260. The highest BCUT2D eigenvalue weighted by atomic mass is 19.1. The lowest BCUT2D eigenvalue weighted by atomic mass is 10.0. The number of likely N-dealkylation sites (N-methyl/N-ethyl adjacent to an activating group) is 1. The first-order valence-electron chi connectivity index (χ1n) is 13.8. The van der Waals surface area contributed by atoms with Crippen molar-refractivity contribution in [2.24, 2.45) is 5.73 Å². The number of rotatable bonds is 8. The Labute approximate surface area is 241 Å². The summed E-state index contributed by atoms with van der Waals surface area (Å²) in [7, 11) is 3.94. The molecule has 0 radical (unpaired) electrons. The molecule has 212 valence electrons. The molecular weight excluding hydrogens is 533 g/mol. The molecule has 0 spiro atoms. The van der Waals surface area contributed by atoms with Crippen LogP contribution in [-0.4, -0.2) is 81.4 Å². The van der Waals surface area contributed by atoms with Gasteiger partial charge in [0.15, 0.2) is 0 Å². The Kier molecular flexibility index (Phi) is 6.52. The van der Waals surface area contributed by atoms with E-state index < -0.39 is 0 Å². The van der Waals surface area contributed by atoms with Gasteiger partial charge in [-0.05, 0) is 50.0 Å². The van der Waals surface area contributed by atoms with Crippen LogP contribution < -0.4 is 15.4 Å². The predicted molar refractivity (Wildman–Crippen MR) is 162 cm³/mol. The minimum Gasteiger partial charge on any atom is -0.492 e. The van der Waals surface area contributed by atoms with Gasteiger partial charge in [0, 0.05) is 59.8 Å². The van der Waals surface area contributed by atoms with Gasteiger partial charge >= 0.3 is 0 Å². The Balaban J connectivity index is 1.24. The monoisotopic (exact) mass is 563 g/mol. The number of ether oxygens (including phenoxy) is 1. The van der Waals surface area contributed by atoms with Crippen molar-refractivity contribution in [3.8, 4) is 39.5 Å². The second kappa shape index (κ2) is 10.5. The molecule has 0 atom stereocenters. The Morgan fingerprint density at radius 2 is 1.83 bits per heavy atom. The number of aromatic nitrogens is 6. The maximum Gasteiger partial charge on any atom is 0.147 e. The highest BCUT2D eigenvalue weighted by molar-refractivity contribution is 6.01. The normalized spacial score (nSPS) is 13.8. The average Bonchev–Trinajstić information content (AvgIpc) is 3.59. The molecule has 0 aliphatic carbocycles. The number of halogens is 1. The molecule has 0 saturated carbocycles. The first kappa shape index (κ1) is 26.1. The molecule has 0 unspecified atom stereocenters. The van der Waals surface area contributed by atoms with Crippen molar-refractivity contribution < 1.29 is 9.13 Å². The molecule has 11 heteroatoms. The highest BCUT2D eigenvalue weighted by Gasteiger charge is 2.25. The SMILES string of the molecule is CN(C)CCOc1cc(F)cc(-c2cncc3[nH]c(-c4n[nH]c5ccc(-c6cncc(N7CC(N)C7)n6)cc45)cc23)c1. The van der Waals surface area contributed by atoms with Crippen LogP contribution in [0.1, 0.15) is 0 Å². The van der Waals surface area contributed by atoms with Gasteiger partial charge in [-0.25, -0.2) is 9.37 Å². The van der Waals surface area contributed by atoms with E-state index in [0.717, 1.165) is 75.5 Å².